The standard InChI is InChI=1S/C17H14ClN3O2/c1-12-16(22)20(11-13-7-9-14(18)10-8-13)17(23)21(19-12)15-5-3-2-4-6-15/h2-10H,11H2,1H3. The third-order valence-electron chi connectivity index (χ3n) is 3.47. The molecule has 0 atom stereocenters. The predicted molar refractivity (Wildman–Crippen MR) is 89.4 cm³/mol. The summed E-state index contributed by atoms with van der Waals surface area (Å²) in [6.45, 7) is 1.77. The molecule has 6 heteroatoms. The third kappa shape index (κ3) is 3.10. The van der Waals surface area contributed by atoms with Crippen molar-refractivity contribution < 1.29 is 0 Å². The summed E-state index contributed by atoms with van der Waals surface area (Å²) in [4.78, 5) is 25.0. The lowest BCUT2D eigenvalue weighted by molar-refractivity contribution is 0.604. The van der Waals surface area contributed by atoms with Gasteiger partial charge >= 0.3 is 5.69 Å². The molecule has 0 fully saturated rings. The molecule has 0 unspecified atom stereocenters. The summed E-state index contributed by atoms with van der Waals surface area (Å²) in [5.41, 5.74) is 0.838. The number of aryl methyl sites for hydroxylation is 1. The van der Waals surface area contributed by atoms with Crippen LogP contribution in [0.4, 0.5) is 0 Å². The fraction of sp³-hybridized carbons (Fsp3) is 0.118. The molecular weight excluding hydrogens is 314 g/mol. The van der Waals surface area contributed by atoms with Crippen molar-refractivity contribution in [1.29, 1.82) is 0 Å². The zero-order valence-electron chi connectivity index (χ0n) is 12.4. The molecular formula is C17H14ClN3O2. The lowest BCUT2D eigenvalue weighted by atomic mass is 10.2. The molecule has 1 heterocycles. The second-order valence-electron chi connectivity index (χ2n) is 5.13. The molecule has 0 aliphatic heterocycles. The van der Waals surface area contributed by atoms with Gasteiger partial charge in [-0.25, -0.2) is 4.79 Å². The third-order valence-corrected chi connectivity index (χ3v) is 3.72. The van der Waals surface area contributed by atoms with Gasteiger partial charge in [0.05, 0.1) is 12.2 Å². The molecule has 116 valence electrons. The minimum absolute atomic E-state index is 0.172. The molecule has 0 aliphatic carbocycles. The maximum absolute atomic E-state index is 12.7. The highest BCUT2D eigenvalue weighted by Gasteiger charge is 2.12. The van der Waals surface area contributed by atoms with Crippen LogP contribution in [-0.2, 0) is 6.54 Å². The van der Waals surface area contributed by atoms with Crippen LogP contribution < -0.4 is 11.2 Å². The fourth-order valence-electron chi connectivity index (χ4n) is 2.28. The van der Waals surface area contributed by atoms with Crippen molar-refractivity contribution in [2.24, 2.45) is 0 Å². The van der Waals surface area contributed by atoms with Crippen molar-refractivity contribution in [2.45, 2.75) is 13.5 Å². The first-order valence-electron chi connectivity index (χ1n) is 7.07. The van der Waals surface area contributed by atoms with Gasteiger partial charge in [-0.05, 0) is 36.8 Å². The van der Waals surface area contributed by atoms with Crippen molar-refractivity contribution in [3.63, 3.8) is 0 Å². The average Bonchev–Trinajstić information content (AvgIpc) is 2.57. The largest absolute Gasteiger partial charge is 0.352 e. The van der Waals surface area contributed by atoms with Crippen molar-refractivity contribution in [2.75, 3.05) is 0 Å². The number of aromatic nitrogens is 3. The first-order chi connectivity index (χ1) is 11.1. The lowest BCUT2D eigenvalue weighted by Gasteiger charge is -2.10. The van der Waals surface area contributed by atoms with Gasteiger partial charge in [-0.3, -0.25) is 9.36 Å². The van der Waals surface area contributed by atoms with Crippen molar-refractivity contribution >= 4 is 11.6 Å². The summed E-state index contributed by atoms with van der Waals surface area (Å²) in [6, 6.07) is 16.0. The Hall–Kier alpha value is -2.66. The molecule has 1 aromatic heterocycles. The van der Waals surface area contributed by atoms with Gasteiger partial charge in [-0.15, -0.1) is 0 Å². The molecule has 2 aromatic carbocycles. The number of rotatable bonds is 3. The Labute approximate surface area is 137 Å². The number of hydrogen-bond donors (Lipinski definition) is 0. The average molecular weight is 328 g/mol. The molecule has 0 spiro atoms. The van der Waals surface area contributed by atoms with Crippen LogP contribution in [0.1, 0.15) is 11.3 Å². The van der Waals surface area contributed by atoms with Crippen molar-refractivity contribution in [3.05, 3.63) is 91.7 Å². The van der Waals surface area contributed by atoms with E-state index in [0.717, 1.165) is 5.56 Å². The summed E-state index contributed by atoms with van der Waals surface area (Å²) >= 11 is 5.86. The summed E-state index contributed by atoms with van der Waals surface area (Å²) in [6.07, 6.45) is 0. The van der Waals surface area contributed by atoms with Crippen molar-refractivity contribution in [1.82, 2.24) is 14.3 Å². The van der Waals surface area contributed by atoms with Crippen LogP contribution in [0.25, 0.3) is 5.69 Å². The van der Waals surface area contributed by atoms with E-state index in [1.165, 1.54) is 9.25 Å². The number of benzene rings is 2. The van der Waals surface area contributed by atoms with Gasteiger partial charge in [0.2, 0.25) is 0 Å². The van der Waals surface area contributed by atoms with Crippen LogP contribution in [-0.4, -0.2) is 14.3 Å². The first-order valence-corrected chi connectivity index (χ1v) is 7.45. The lowest BCUT2D eigenvalue weighted by Crippen LogP contribution is -2.42. The Bertz CT molecular complexity index is 944. The minimum atomic E-state index is -0.471. The normalized spacial score (nSPS) is 10.7. The summed E-state index contributed by atoms with van der Waals surface area (Å²) in [5, 5.41) is 4.71. The zero-order chi connectivity index (χ0) is 16.4. The molecule has 3 rings (SSSR count). The molecule has 0 N–H and O–H groups in total. The first kappa shape index (κ1) is 15.2. The van der Waals surface area contributed by atoms with Gasteiger partial charge in [0, 0.05) is 5.02 Å². The number of hydrogen-bond acceptors (Lipinski definition) is 3. The summed E-state index contributed by atoms with van der Waals surface area (Å²) in [5.74, 6) is 0. The highest BCUT2D eigenvalue weighted by molar-refractivity contribution is 6.30. The topological polar surface area (TPSA) is 56.9 Å². The van der Waals surface area contributed by atoms with Crippen molar-refractivity contribution in [3.8, 4) is 5.69 Å². The summed E-state index contributed by atoms with van der Waals surface area (Å²) < 4.78 is 2.42. The molecule has 0 saturated heterocycles. The van der Waals surface area contributed by atoms with Crippen LogP contribution in [0.15, 0.2) is 64.2 Å². The van der Waals surface area contributed by atoms with Gasteiger partial charge in [0.15, 0.2) is 0 Å². The number of nitrogens with zero attached hydrogens (tertiary/aromatic N) is 3. The van der Waals surface area contributed by atoms with Crippen LogP contribution in [0.5, 0.6) is 0 Å². The van der Waals surface area contributed by atoms with Crippen LogP contribution in [0.3, 0.4) is 0 Å². The number of para-hydroxylation sites is 1. The second kappa shape index (κ2) is 6.22. The molecule has 0 amide bonds. The maximum atomic E-state index is 12.7. The van der Waals surface area contributed by atoms with E-state index in [1.54, 1.807) is 43.3 Å². The maximum Gasteiger partial charge on any atom is 0.352 e. The van der Waals surface area contributed by atoms with Gasteiger partial charge in [-0.1, -0.05) is 41.9 Å². The second-order valence-corrected chi connectivity index (χ2v) is 5.57. The van der Waals surface area contributed by atoms with Gasteiger partial charge < -0.3 is 0 Å². The van der Waals surface area contributed by atoms with E-state index >= 15 is 0 Å². The van der Waals surface area contributed by atoms with Gasteiger partial charge in [-0.2, -0.15) is 9.78 Å². The Morgan fingerprint density at radius 3 is 2.30 bits per heavy atom. The molecule has 3 aromatic rings. The SMILES string of the molecule is Cc1nn(-c2ccccc2)c(=O)n(Cc2ccc(Cl)cc2)c1=O. The van der Waals surface area contributed by atoms with Crippen LogP contribution >= 0.6 is 11.6 Å². The van der Waals surface area contributed by atoms with Crippen LogP contribution in [0, 0.1) is 6.92 Å². The highest BCUT2D eigenvalue weighted by atomic mass is 35.5. The zero-order valence-corrected chi connectivity index (χ0v) is 13.2. The minimum Gasteiger partial charge on any atom is -0.267 e. The highest BCUT2D eigenvalue weighted by Crippen LogP contribution is 2.10. The smallest absolute Gasteiger partial charge is 0.267 e. The monoisotopic (exact) mass is 327 g/mol. The van der Waals surface area contributed by atoms with E-state index in [-0.39, 0.29) is 12.2 Å². The molecule has 0 saturated carbocycles. The Morgan fingerprint density at radius 2 is 1.65 bits per heavy atom. The molecule has 23 heavy (non-hydrogen) atoms. The molecule has 5 nitrogen and oxygen atoms in total. The van der Waals surface area contributed by atoms with Crippen LogP contribution in [0.2, 0.25) is 5.02 Å². The molecule has 0 radical (unpaired) electrons. The Kier molecular flexibility index (Phi) is 4.12. The van der Waals surface area contributed by atoms with Gasteiger partial charge in [0.25, 0.3) is 5.56 Å². The Balaban J connectivity index is 2.13. The quantitative estimate of drug-likeness (QED) is 0.742. The number of halogens is 1. The predicted octanol–water partition coefficient (Wildman–Crippen LogP) is 2.40. The molecule has 0 bridgehead atoms. The van der Waals surface area contributed by atoms with E-state index in [0.29, 0.717) is 10.7 Å². The fourth-order valence-corrected chi connectivity index (χ4v) is 2.41. The van der Waals surface area contributed by atoms with E-state index in [4.69, 9.17) is 11.6 Å². The van der Waals surface area contributed by atoms with E-state index in [2.05, 4.69) is 5.10 Å². The summed E-state index contributed by atoms with van der Waals surface area (Å²) in [7, 11) is 0. The Morgan fingerprint density at radius 1 is 1.00 bits per heavy atom. The van der Waals surface area contributed by atoms with E-state index < -0.39 is 11.2 Å². The van der Waals surface area contributed by atoms with E-state index in [9.17, 15) is 9.59 Å². The van der Waals surface area contributed by atoms with Gasteiger partial charge in [0.1, 0.15) is 5.69 Å². The molecule has 0 aliphatic rings. The van der Waals surface area contributed by atoms with E-state index in [1.807, 2.05) is 18.2 Å².